The number of amides is 2. The average Bonchev–Trinajstić information content (AvgIpc) is 2.80. The molecular formula is C20H27Cl2N3O9. The van der Waals surface area contributed by atoms with Crippen molar-refractivity contribution in [2.45, 2.75) is 43.4 Å². The number of carbonyl (C=O) groups excluding carboxylic acids is 3. The molecular weight excluding hydrogens is 497 g/mol. The number of esters is 1. The van der Waals surface area contributed by atoms with Gasteiger partial charge in [0.1, 0.15) is 18.8 Å². The summed E-state index contributed by atoms with van der Waals surface area (Å²) in [6.45, 7) is 1.87. The molecule has 0 saturated heterocycles. The second-order valence-corrected chi connectivity index (χ2v) is 9.08. The molecule has 1 rings (SSSR count). The molecule has 0 saturated carbocycles. The van der Waals surface area contributed by atoms with Gasteiger partial charge < -0.3 is 30.7 Å². The quantitative estimate of drug-likeness (QED) is 0.105. The van der Waals surface area contributed by atoms with E-state index in [9.17, 15) is 39.8 Å². The Kier molecular flexibility index (Phi) is 11.6. The van der Waals surface area contributed by atoms with E-state index in [-0.39, 0.29) is 24.2 Å². The number of aliphatic hydroxyl groups excluding tert-OH is 3. The number of nitro groups is 1. The van der Waals surface area contributed by atoms with Gasteiger partial charge in [0.05, 0.1) is 24.0 Å². The molecule has 0 aliphatic heterocycles. The van der Waals surface area contributed by atoms with Crippen molar-refractivity contribution in [1.29, 1.82) is 0 Å². The number of rotatable bonds is 13. The number of ether oxygens (including phenoxy) is 1. The normalized spacial score (nSPS) is 14.1. The molecule has 12 nitrogen and oxygen atoms in total. The van der Waals surface area contributed by atoms with Crippen LogP contribution >= 0.6 is 23.2 Å². The lowest BCUT2D eigenvalue weighted by atomic mass is 9.87. The van der Waals surface area contributed by atoms with Crippen molar-refractivity contribution in [3.63, 3.8) is 0 Å². The first-order valence-electron chi connectivity index (χ1n) is 10.0. The Balaban J connectivity index is 2.72. The van der Waals surface area contributed by atoms with Crippen LogP contribution in [0, 0.1) is 15.5 Å². The van der Waals surface area contributed by atoms with Crippen molar-refractivity contribution < 1.29 is 39.4 Å². The molecule has 1 aromatic carbocycles. The number of halogens is 2. The highest BCUT2D eigenvalue weighted by atomic mass is 35.5. The van der Waals surface area contributed by atoms with Gasteiger partial charge in [0.25, 0.3) is 11.6 Å². The number of aliphatic hydroxyl groups is 3. The van der Waals surface area contributed by atoms with Gasteiger partial charge in [0.2, 0.25) is 5.91 Å². The van der Waals surface area contributed by atoms with Gasteiger partial charge in [-0.3, -0.25) is 24.5 Å². The predicted molar refractivity (Wildman–Crippen MR) is 121 cm³/mol. The van der Waals surface area contributed by atoms with Gasteiger partial charge >= 0.3 is 5.97 Å². The Bertz CT molecular complexity index is 865. The van der Waals surface area contributed by atoms with Gasteiger partial charge in [-0.25, -0.2) is 0 Å². The second kappa shape index (κ2) is 13.4. The van der Waals surface area contributed by atoms with Crippen molar-refractivity contribution in [3.05, 3.63) is 39.9 Å². The monoisotopic (exact) mass is 523 g/mol. The summed E-state index contributed by atoms with van der Waals surface area (Å²) in [5, 5.41) is 45.2. The Morgan fingerprint density at radius 3 is 2.24 bits per heavy atom. The summed E-state index contributed by atoms with van der Waals surface area (Å²) >= 11 is 11.0. The van der Waals surface area contributed by atoms with E-state index in [1.165, 1.54) is 26.0 Å². The molecule has 0 heterocycles. The summed E-state index contributed by atoms with van der Waals surface area (Å²) in [4.78, 5) is 44.6. The molecule has 0 spiro atoms. The van der Waals surface area contributed by atoms with Crippen LogP contribution < -0.4 is 10.6 Å². The summed E-state index contributed by atoms with van der Waals surface area (Å²) in [6, 6.07) is 3.67. The van der Waals surface area contributed by atoms with Crippen LogP contribution in [-0.2, 0) is 19.1 Å². The average molecular weight is 524 g/mol. The van der Waals surface area contributed by atoms with E-state index >= 15 is 0 Å². The fourth-order valence-electron chi connectivity index (χ4n) is 2.56. The number of hydrogen-bond acceptors (Lipinski definition) is 9. The molecule has 0 aromatic heterocycles. The standard InChI is InChI=1S/C20H27Cl2N3O9/c1-20(2,10-26)16(29)18(30)23-8-7-14(27)34-9-13(24-19(31)17(21)22)15(28)11-3-5-12(6-4-11)25(32)33/h3-6,13,15-17,26,28-29H,7-10H2,1-2H3,(H,23,30)(H,24,31)/t13-,15-,16?/m1/s1. The Morgan fingerprint density at radius 2 is 1.74 bits per heavy atom. The lowest BCUT2D eigenvalue weighted by molar-refractivity contribution is -0.384. The van der Waals surface area contributed by atoms with Crippen LogP contribution in [0.2, 0.25) is 0 Å². The van der Waals surface area contributed by atoms with Crippen molar-refractivity contribution in [1.82, 2.24) is 10.6 Å². The first-order chi connectivity index (χ1) is 15.8. The smallest absolute Gasteiger partial charge is 0.307 e. The summed E-state index contributed by atoms with van der Waals surface area (Å²) in [6.07, 6.45) is -3.22. The maximum atomic E-state index is 12.1. The zero-order valence-electron chi connectivity index (χ0n) is 18.4. The van der Waals surface area contributed by atoms with Gasteiger partial charge in [-0.15, -0.1) is 0 Å². The number of alkyl halides is 2. The highest BCUT2D eigenvalue weighted by Crippen LogP contribution is 2.22. The van der Waals surface area contributed by atoms with Crippen molar-refractivity contribution in [2.24, 2.45) is 5.41 Å². The molecule has 0 fully saturated rings. The molecule has 3 atom stereocenters. The van der Waals surface area contributed by atoms with Gasteiger partial charge in [-0.2, -0.15) is 0 Å². The Labute approximate surface area is 205 Å². The highest BCUT2D eigenvalue weighted by molar-refractivity contribution is 6.53. The summed E-state index contributed by atoms with van der Waals surface area (Å²) in [7, 11) is 0. The fourth-order valence-corrected chi connectivity index (χ4v) is 2.69. The largest absolute Gasteiger partial charge is 0.463 e. The molecule has 190 valence electrons. The highest BCUT2D eigenvalue weighted by Gasteiger charge is 2.33. The Morgan fingerprint density at radius 1 is 1.15 bits per heavy atom. The van der Waals surface area contributed by atoms with Crippen molar-refractivity contribution >= 4 is 46.7 Å². The summed E-state index contributed by atoms with van der Waals surface area (Å²) in [5.41, 5.74) is -1.09. The van der Waals surface area contributed by atoms with Crippen LogP contribution in [0.1, 0.15) is 31.9 Å². The molecule has 5 N–H and O–H groups in total. The molecule has 1 unspecified atom stereocenters. The number of hydrogen-bond donors (Lipinski definition) is 5. The molecule has 2 amide bonds. The third-order valence-electron chi connectivity index (χ3n) is 4.80. The SMILES string of the molecule is CC(C)(CO)C(O)C(=O)NCCC(=O)OC[C@@H](NC(=O)C(Cl)Cl)[C@H](O)c1ccc([N+](=O)[O-])cc1. The minimum absolute atomic E-state index is 0.177. The van der Waals surface area contributed by atoms with Crippen LogP contribution in [-0.4, -0.2) is 74.8 Å². The van der Waals surface area contributed by atoms with E-state index in [1.54, 1.807) is 0 Å². The molecule has 0 radical (unpaired) electrons. The fraction of sp³-hybridized carbons (Fsp3) is 0.550. The van der Waals surface area contributed by atoms with Gasteiger partial charge in [0, 0.05) is 24.1 Å². The third-order valence-corrected chi connectivity index (χ3v) is 5.20. The number of benzene rings is 1. The van der Waals surface area contributed by atoms with Gasteiger partial charge in [0.15, 0.2) is 4.84 Å². The first kappa shape index (κ1) is 29.5. The van der Waals surface area contributed by atoms with Crippen molar-refractivity contribution in [2.75, 3.05) is 19.8 Å². The van der Waals surface area contributed by atoms with Crippen LogP contribution in [0.15, 0.2) is 24.3 Å². The number of nitro benzene ring substituents is 1. The van der Waals surface area contributed by atoms with E-state index in [2.05, 4.69) is 10.6 Å². The van der Waals surface area contributed by atoms with E-state index in [1.807, 2.05) is 0 Å². The van der Waals surface area contributed by atoms with Crippen molar-refractivity contribution in [3.8, 4) is 0 Å². The Hall–Kier alpha value is -2.51. The summed E-state index contributed by atoms with van der Waals surface area (Å²) in [5.74, 6) is -2.43. The van der Waals surface area contributed by atoms with Crippen LogP contribution in [0.3, 0.4) is 0 Å². The van der Waals surface area contributed by atoms with Gasteiger partial charge in [-0.1, -0.05) is 37.0 Å². The van der Waals surface area contributed by atoms with Crippen LogP contribution in [0.25, 0.3) is 0 Å². The van der Waals surface area contributed by atoms with E-state index in [0.717, 1.165) is 12.1 Å². The number of carbonyl (C=O) groups is 3. The zero-order chi connectivity index (χ0) is 26.1. The second-order valence-electron chi connectivity index (χ2n) is 7.98. The van der Waals surface area contributed by atoms with Crippen LogP contribution in [0.4, 0.5) is 5.69 Å². The molecule has 0 bridgehead atoms. The molecule has 34 heavy (non-hydrogen) atoms. The summed E-state index contributed by atoms with van der Waals surface area (Å²) < 4.78 is 5.06. The first-order valence-corrected chi connectivity index (χ1v) is 10.9. The molecule has 0 aliphatic carbocycles. The van der Waals surface area contributed by atoms with E-state index in [0.29, 0.717) is 0 Å². The predicted octanol–water partition coefficient (Wildman–Crippen LogP) is 0.346. The topological polar surface area (TPSA) is 188 Å². The maximum Gasteiger partial charge on any atom is 0.307 e. The minimum atomic E-state index is -1.50. The number of non-ortho nitro benzene ring substituents is 1. The molecule has 14 heteroatoms. The van der Waals surface area contributed by atoms with E-state index < -0.39 is 64.4 Å². The molecule has 0 aliphatic rings. The maximum absolute atomic E-state index is 12.1. The number of nitrogens with zero attached hydrogens (tertiary/aromatic N) is 1. The number of nitrogens with one attached hydrogen (secondary N) is 2. The minimum Gasteiger partial charge on any atom is -0.463 e. The zero-order valence-corrected chi connectivity index (χ0v) is 20.0. The van der Waals surface area contributed by atoms with Crippen LogP contribution in [0.5, 0.6) is 0 Å². The lowest BCUT2D eigenvalue weighted by Crippen LogP contribution is -2.46. The lowest BCUT2D eigenvalue weighted by Gasteiger charge is -2.27. The third kappa shape index (κ3) is 9.03. The molecule has 1 aromatic rings. The van der Waals surface area contributed by atoms with E-state index in [4.69, 9.17) is 27.9 Å². The van der Waals surface area contributed by atoms with Gasteiger partial charge in [-0.05, 0) is 17.7 Å².